The quantitative estimate of drug-likeness (QED) is 0.392. The number of hydrogen-bond acceptors (Lipinski definition) is 2. The smallest absolute Gasteiger partial charge is 0.261 e. The van der Waals surface area contributed by atoms with Gasteiger partial charge in [-0.2, -0.15) is 0 Å². The Balaban J connectivity index is 6.16. The number of halogens is 1. The van der Waals surface area contributed by atoms with Crippen LogP contribution in [0.4, 0.5) is 0 Å². The first-order valence-corrected chi connectivity index (χ1v) is 8.80. The number of carbonyl (C=O) groups is 2. The Labute approximate surface area is 156 Å². The summed E-state index contributed by atoms with van der Waals surface area (Å²) in [6.45, 7) is 9.29. The van der Waals surface area contributed by atoms with Crippen molar-refractivity contribution >= 4 is 23.4 Å². The minimum atomic E-state index is -0.157. The average Bonchev–Trinajstić information content (AvgIpc) is 2.61. The first-order valence-electron chi connectivity index (χ1n) is 8.27. The molecule has 0 saturated carbocycles. The summed E-state index contributed by atoms with van der Waals surface area (Å²) in [5, 5.41) is 2.62. The Morgan fingerprint density at radius 3 is 2.16 bits per heavy atom. The maximum absolute atomic E-state index is 13.0. The van der Waals surface area contributed by atoms with Crippen molar-refractivity contribution in [3.05, 3.63) is 59.0 Å². The largest absolute Gasteiger partial charge is 0.359 e. The summed E-state index contributed by atoms with van der Waals surface area (Å²) in [5.74, 6) is 0.0739. The van der Waals surface area contributed by atoms with Crippen LogP contribution in [0.15, 0.2) is 59.0 Å². The highest BCUT2D eigenvalue weighted by atomic mass is 35.5. The summed E-state index contributed by atoms with van der Waals surface area (Å²) in [7, 11) is 1.60. The fourth-order valence-corrected chi connectivity index (χ4v) is 2.30. The van der Waals surface area contributed by atoms with Crippen LogP contribution in [0.5, 0.6) is 0 Å². The lowest BCUT2D eigenvalue weighted by Gasteiger charge is -2.26. The number of allylic oxidation sites excluding steroid dienone is 7. The van der Waals surface area contributed by atoms with Gasteiger partial charge in [-0.15, -0.1) is 11.6 Å². The van der Waals surface area contributed by atoms with Crippen LogP contribution in [0.1, 0.15) is 41.0 Å². The van der Waals surface area contributed by atoms with E-state index >= 15 is 0 Å². The number of nitrogens with one attached hydrogen (secondary N) is 1. The average molecular weight is 365 g/mol. The fourth-order valence-electron chi connectivity index (χ4n) is 2.21. The Hall–Kier alpha value is -2.07. The van der Waals surface area contributed by atoms with Crippen molar-refractivity contribution in [2.75, 3.05) is 12.9 Å². The minimum absolute atomic E-state index is 0.105. The van der Waals surface area contributed by atoms with E-state index in [-0.39, 0.29) is 18.2 Å². The van der Waals surface area contributed by atoms with Gasteiger partial charge in [-0.25, -0.2) is 0 Å². The molecule has 0 aromatic heterocycles. The van der Waals surface area contributed by atoms with Gasteiger partial charge in [-0.1, -0.05) is 36.5 Å². The van der Waals surface area contributed by atoms with Crippen molar-refractivity contribution in [1.29, 1.82) is 0 Å². The van der Waals surface area contributed by atoms with Crippen LogP contribution in [-0.4, -0.2) is 29.6 Å². The van der Waals surface area contributed by atoms with E-state index in [1.54, 1.807) is 30.2 Å². The third-order valence-electron chi connectivity index (χ3n) is 3.72. The van der Waals surface area contributed by atoms with Crippen LogP contribution < -0.4 is 5.32 Å². The highest BCUT2D eigenvalue weighted by Gasteiger charge is 2.21. The molecule has 138 valence electrons. The zero-order chi connectivity index (χ0) is 19.4. The standard InChI is InChI=1S/C20H29ClN2O2/c1-7-11-18(14-19(24)22-6)16(5)23(15(4)8-2)20(25)17(9-3)12-10-13-21/h7-12H,13-14H2,1-6H3,(H,22,24)/b11-7+,12-10-,15-8+,17-9+,18-16+. The molecule has 4 nitrogen and oxygen atoms in total. The molecule has 0 aromatic rings. The van der Waals surface area contributed by atoms with E-state index in [0.717, 1.165) is 17.0 Å². The molecule has 25 heavy (non-hydrogen) atoms. The van der Waals surface area contributed by atoms with Gasteiger partial charge in [0.05, 0.1) is 6.42 Å². The minimum Gasteiger partial charge on any atom is -0.359 e. The van der Waals surface area contributed by atoms with Gasteiger partial charge in [-0.3, -0.25) is 14.5 Å². The van der Waals surface area contributed by atoms with Gasteiger partial charge in [0.2, 0.25) is 5.91 Å². The SMILES string of the molecule is C/C=C/C(CC(=O)NC)=C(/C)N(C(=O)C(/C=C\CCl)=C/C)/C(C)=C/C. The maximum Gasteiger partial charge on any atom is 0.261 e. The van der Waals surface area contributed by atoms with E-state index < -0.39 is 0 Å². The molecule has 0 unspecified atom stereocenters. The highest BCUT2D eigenvalue weighted by Crippen LogP contribution is 2.22. The molecular formula is C20H29ClN2O2. The van der Waals surface area contributed by atoms with Crippen LogP contribution >= 0.6 is 11.6 Å². The number of hydrogen-bond donors (Lipinski definition) is 1. The monoisotopic (exact) mass is 364 g/mol. The second-order valence-electron chi connectivity index (χ2n) is 5.33. The van der Waals surface area contributed by atoms with E-state index in [0.29, 0.717) is 11.5 Å². The molecule has 0 aliphatic carbocycles. The van der Waals surface area contributed by atoms with Crippen molar-refractivity contribution in [2.24, 2.45) is 0 Å². The third-order valence-corrected chi connectivity index (χ3v) is 3.89. The number of nitrogens with zero attached hydrogens (tertiary/aromatic N) is 1. The third kappa shape index (κ3) is 7.14. The summed E-state index contributed by atoms with van der Waals surface area (Å²) in [5.41, 5.74) is 2.84. The predicted octanol–water partition coefficient (Wildman–Crippen LogP) is 4.47. The second-order valence-corrected chi connectivity index (χ2v) is 5.64. The Morgan fingerprint density at radius 2 is 1.72 bits per heavy atom. The Kier molecular flexibility index (Phi) is 11.3. The molecule has 0 heterocycles. The lowest BCUT2D eigenvalue weighted by molar-refractivity contribution is -0.123. The lowest BCUT2D eigenvalue weighted by Crippen LogP contribution is -2.30. The van der Waals surface area contributed by atoms with Crippen molar-refractivity contribution in [1.82, 2.24) is 10.2 Å². The summed E-state index contributed by atoms with van der Waals surface area (Å²) in [6.07, 6.45) is 11.0. The van der Waals surface area contributed by atoms with Crippen LogP contribution in [0, 0.1) is 0 Å². The lowest BCUT2D eigenvalue weighted by atomic mass is 10.1. The summed E-state index contributed by atoms with van der Waals surface area (Å²) < 4.78 is 0. The van der Waals surface area contributed by atoms with Gasteiger partial charge < -0.3 is 5.32 Å². The Morgan fingerprint density at radius 1 is 1.08 bits per heavy atom. The van der Waals surface area contributed by atoms with Gasteiger partial charge in [-0.05, 0) is 40.2 Å². The number of alkyl halides is 1. The van der Waals surface area contributed by atoms with E-state index in [4.69, 9.17) is 11.6 Å². The number of amides is 2. The van der Waals surface area contributed by atoms with Gasteiger partial charge in [0, 0.05) is 29.9 Å². The molecule has 0 bridgehead atoms. The van der Waals surface area contributed by atoms with E-state index in [9.17, 15) is 9.59 Å². The predicted molar refractivity (Wildman–Crippen MR) is 106 cm³/mol. The van der Waals surface area contributed by atoms with Crippen molar-refractivity contribution < 1.29 is 9.59 Å². The molecule has 1 N–H and O–H groups in total. The molecule has 0 radical (unpaired) electrons. The number of rotatable bonds is 8. The van der Waals surface area contributed by atoms with Gasteiger partial charge in [0.15, 0.2) is 0 Å². The van der Waals surface area contributed by atoms with Gasteiger partial charge in [0.1, 0.15) is 0 Å². The first kappa shape index (κ1) is 22.9. The molecule has 0 fully saturated rings. The molecule has 0 aliphatic rings. The molecule has 2 amide bonds. The molecule has 0 aliphatic heterocycles. The van der Waals surface area contributed by atoms with Crippen molar-refractivity contribution in [3.63, 3.8) is 0 Å². The van der Waals surface area contributed by atoms with Crippen LogP contribution in [0.2, 0.25) is 0 Å². The zero-order valence-electron chi connectivity index (χ0n) is 16.0. The van der Waals surface area contributed by atoms with Crippen molar-refractivity contribution in [2.45, 2.75) is 41.0 Å². The van der Waals surface area contributed by atoms with E-state index in [1.165, 1.54) is 0 Å². The van der Waals surface area contributed by atoms with Crippen LogP contribution in [-0.2, 0) is 9.59 Å². The van der Waals surface area contributed by atoms with Gasteiger partial charge in [0.25, 0.3) is 5.91 Å². The molecule has 0 rings (SSSR count). The molecule has 0 saturated heterocycles. The fraction of sp³-hybridized carbons (Fsp3) is 0.400. The van der Waals surface area contributed by atoms with Crippen LogP contribution in [0.25, 0.3) is 0 Å². The second kappa shape index (κ2) is 12.3. The molecule has 5 heteroatoms. The topological polar surface area (TPSA) is 49.4 Å². The molecular weight excluding hydrogens is 336 g/mol. The summed E-state index contributed by atoms with van der Waals surface area (Å²) in [4.78, 5) is 26.5. The van der Waals surface area contributed by atoms with Gasteiger partial charge >= 0.3 is 0 Å². The van der Waals surface area contributed by atoms with Crippen molar-refractivity contribution in [3.8, 4) is 0 Å². The number of carbonyl (C=O) groups excluding carboxylic acids is 2. The first-order chi connectivity index (χ1) is 11.9. The van der Waals surface area contributed by atoms with E-state index in [1.807, 2.05) is 52.8 Å². The van der Waals surface area contributed by atoms with E-state index in [2.05, 4.69) is 5.32 Å². The van der Waals surface area contributed by atoms with Crippen LogP contribution in [0.3, 0.4) is 0 Å². The summed E-state index contributed by atoms with van der Waals surface area (Å²) >= 11 is 5.69. The molecule has 0 spiro atoms. The zero-order valence-corrected chi connectivity index (χ0v) is 16.8. The Bertz CT molecular complexity index is 626. The highest BCUT2D eigenvalue weighted by molar-refractivity contribution is 6.19. The summed E-state index contributed by atoms with van der Waals surface area (Å²) in [6, 6.07) is 0. The molecule has 0 aromatic carbocycles. The maximum atomic E-state index is 13.0. The normalized spacial score (nSPS) is 14.0. The molecule has 0 atom stereocenters.